The second-order valence-electron chi connectivity index (χ2n) is 12.8. The van der Waals surface area contributed by atoms with Crippen molar-refractivity contribution in [3.8, 4) is 11.5 Å². The second-order valence-corrected chi connectivity index (χ2v) is 13.9. The standard InChI is InChI=1S/C33H37N7O5S/c1-4-12-46-32-36-29(35-22-14-20(22)19-8-6-5-7-9-19)26-30(37-32)40(39-38-26)23-15-21(27-28(23)45-33(2,3)44-27)31(41)34-16-18-10-11-24-25(13-18)43-17-42-24/h5-11,13,20-23,27-28H,4,12,14-17H2,1-3H3,(H,34,41)(H,35,36,37). The molecule has 0 radical (unpaired) electrons. The van der Waals surface area contributed by atoms with Gasteiger partial charge in [0, 0.05) is 24.3 Å². The van der Waals surface area contributed by atoms with Gasteiger partial charge in [-0.1, -0.05) is 60.3 Å². The van der Waals surface area contributed by atoms with Gasteiger partial charge in [0.15, 0.2) is 39.4 Å². The molecule has 4 aliphatic rings. The summed E-state index contributed by atoms with van der Waals surface area (Å²) in [4.78, 5) is 23.5. The van der Waals surface area contributed by atoms with E-state index in [0.717, 1.165) is 24.2 Å². The maximum atomic E-state index is 13.7. The number of hydrogen-bond acceptors (Lipinski definition) is 11. The Morgan fingerprint density at radius 2 is 1.87 bits per heavy atom. The third-order valence-electron chi connectivity index (χ3n) is 9.07. The molecular formula is C33H37N7O5S. The van der Waals surface area contributed by atoms with Crippen LogP contribution in [0.1, 0.15) is 63.1 Å². The van der Waals surface area contributed by atoms with E-state index in [9.17, 15) is 4.79 Å². The molecular weight excluding hydrogens is 606 g/mol. The number of ether oxygens (including phenoxy) is 4. The zero-order valence-corrected chi connectivity index (χ0v) is 26.8. The Morgan fingerprint density at radius 1 is 1.04 bits per heavy atom. The van der Waals surface area contributed by atoms with Gasteiger partial charge in [-0.2, -0.15) is 0 Å². The molecule has 240 valence electrons. The largest absolute Gasteiger partial charge is 0.454 e. The Kier molecular flexibility index (Phi) is 7.49. The van der Waals surface area contributed by atoms with Gasteiger partial charge in [0.25, 0.3) is 0 Å². The molecule has 2 N–H and O–H groups in total. The van der Waals surface area contributed by atoms with Crippen LogP contribution in [0.3, 0.4) is 0 Å². The minimum atomic E-state index is -0.845. The molecule has 6 atom stereocenters. The fourth-order valence-corrected chi connectivity index (χ4v) is 7.51. The summed E-state index contributed by atoms with van der Waals surface area (Å²) in [7, 11) is 0. The van der Waals surface area contributed by atoms with E-state index < -0.39 is 23.9 Å². The lowest BCUT2D eigenvalue weighted by Gasteiger charge is -2.23. The molecule has 6 unspecified atom stereocenters. The quantitative estimate of drug-likeness (QED) is 0.182. The van der Waals surface area contributed by atoms with Crippen LogP contribution in [-0.4, -0.2) is 67.5 Å². The van der Waals surface area contributed by atoms with E-state index in [1.54, 1.807) is 11.8 Å². The van der Waals surface area contributed by atoms with Crippen LogP contribution < -0.4 is 20.1 Å². The maximum absolute atomic E-state index is 13.7. The normalized spacial score (nSPS) is 27.1. The monoisotopic (exact) mass is 643 g/mol. The molecule has 1 saturated heterocycles. The Morgan fingerprint density at radius 3 is 2.72 bits per heavy atom. The number of benzene rings is 2. The van der Waals surface area contributed by atoms with Crippen LogP contribution >= 0.6 is 11.8 Å². The maximum Gasteiger partial charge on any atom is 0.231 e. The Balaban J connectivity index is 1.06. The number of nitrogens with zero attached hydrogens (tertiary/aromatic N) is 5. The predicted octanol–water partition coefficient (Wildman–Crippen LogP) is 4.82. The molecule has 1 amide bonds. The van der Waals surface area contributed by atoms with Crippen LogP contribution in [0.15, 0.2) is 53.7 Å². The zero-order valence-electron chi connectivity index (χ0n) is 26.0. The van der Waals surface area contributed by atoms with Gasteiger partial charge in [-0.05, 0) is 56.4 Å². The van der Waals surface area contributed by atoms with Crippen molar-refractivity contribution in [2.45, 2.75) is 87.7 Å². The number of fused-ring (bicyclic) bond motifs is 3. The molecule has 2 saturated carbocycles. The zero-order chi connectivity index (χ0) is 31.4. The van der Waals surface area contributed by atoms with Crippen molar-refractivity contribution in [1.82, 2.24) is 30.3 Å². The van der Waals surface area contributed by atoms with E-state index in [1.165, 1.54) is 5.56 Å². The smallest absolute Gasteiger partial charge is 0.231 e. The molecule has 2 aromatic carbocycles. The third kappa shape index (κ3) is 5.54. The van der Waals surface area contributed by atoms with E-state index in [4.69, 9.17) is 28.9 Å². The minimum absolute atomic E-state index is 0.0993. The number of carbonyl (C=O) groups is 1. The van der Waals surface area contributed by atoms with Gasteiger partial charge in [0.1, 0.15) is 12.2 Å². The number of carbonyl (C=O) groups excluding carboxylic acids is 1. The summed E-state index contributed by atoms with van der Waals surface area (Å²) in [5.41, 5.74) is 3.49. The van der Waals surface area contributed by atoms with Crippen molar-refractivity contribution in [3.05, 3.63) is 59.7 Å². The molecule has 46 heavy (non-hydrogen) atoms. The summed E-state index contributed by atoms with van der Waals surface area (Å²) < 4.78 is 25.5. The fraction of sp³-hybridized carbons (Fsp3) is 0.485. The van der Waals surface area contributed by atoms with Crippen LogP contribution in [0.4, 0.5) is 5.82 Å². The summed E-state index contributed by atoms with van der Waals surface area (Å²) in [6, 6.07) is 16.2. The van der Waals surface area contributed by atoms with E-state index in [1.807, 2.05) is 42.8 Å². The summed E-state index contributed by atoms with van der Waals surface area (Å²) >= 11 is 1.62. The van der Waals surface area contributed by atoms with E-state index in [2.05, 4.69) is 52.1 Å². The lowest BCUT2D eigenvalue weighted by molar-refractivity contribution is -0.163. The first kappa shape index (κ1) is 29.5. The lowest BCUT2D eigenvalue weighted by Crippen LogP contribution is -2.37. The van der Waals surface area contributed by atoms with Crippen LogP contribution in [0.25, 0.3) is 11.2 Å². The first-order chi connectivity index (χ1) is 22.4. The molecule has 2 aliphatic heterocycles. The van der Waals surface area contributed by atoms with Crippen LogP contribution in [-0.2, 0) is 20.8 Å². The highest BCUT2D eigenvalue weighted by Gasteiger charge is 2.57. The first-order valence-corrected chi connectivity index (χ1v) is 16.9. The van der Waals surface area contributed by atoms with Gasteiger partial charge < -0.3 is 29.6 Å². The second kappa shape index (κ2) is 11.7. The predicted molar refractivity (Wildman–Crippen MR) is 171 cm³/mol. The van der Waals surface area contributed by atoms with Crippen molar-refractivity contribution in [1.29, 1.82) is 0 Å². The SMILES string of the molecule is CCCSc1nc(NC2CC2c2ccccc2)c2nnn(C3CC(C(=O)NCc4ccc5c(c4)OCO5)C4OC(C)(C)OC43)c2n1. The average molecular weight is 644 g/mol. The number of rotatable bonds is 10. The van der Waals surface area contributed by atoms with Gasteiger partial charge in [-0.25, -0.2) is 14.6 Å². The molecule has 2 aliphatic carbocycles. The summed E-state index contributed by atoms with van der Waals surface area (Å²) in [6.45, 7) is 6.46. The number of thioether (sulfide) groups is 1. The van der Waals surface area contributed by atoms with E-state index >= 15 is 0 Å². The summed E-state index contributed by atoms with van der Waals surface area (Å²) in [6.07, 6.45) is 1.66. The van der Waals surface area contributed by atoms with Crippen LogP contribution in [0, 0.1) is 5.92 Å². The number of hydrogen-bond donors (Lipinski definition) is 2. The van der Waals surface area contributed by atoms with Crippen molar-refractivity contribution in [2.75, 3.05) is 17.9 Å². The molecule has 8 rings (SSSR count). The molecule has 13 heteroatoms. The van der Waals surface area contributed by atoms with E-state index in [0.29, 0.717) is 52.5 Å². The summed E-state index contributed by atoms with van der Waals surface area (Å²) in [5.74, 6) is 2.01. The lowest BCUT2D eigenvalue weighted by atomic mass is 10.0. The van der Waals surface area contributed by atoms with Crippen LogP contribution in [0.5, 0.6) is 11.5 Å². The van der Waals surface area contributed by atoms with Crippen molar-refractivity contribution in [2.24, 2.45) is 5.92 Å². The Hall–Kier alpha value is -3.94. The van der Waals surface area contributed by atoms with Crippen molar-refractivity contribution < 1.29 is 23.7 Å². The number of nitrogens with one attached hydrogen (secondary N) is 2. The fourth-order valence-electron chi connectivity index (χ4n) is 6.81. The van der Waals surface area contributed by atoms with Gasteiger partial charge in [0.05, 0.1) is 12.0 Å². The highest BCUT2D eigenvalue weighted by atomic mass is 32.2. The Bertz CT molecular complexity index is 1770. The molecule has 0 bridgehead atoms. The van der Waals surface area contributed by atoms with Gasteiger partial charge in [0.2, 0.25) is 12.7 Å². The van der Waals surface area contributed by atoms with Gasteiger partial charge in [-0.15, -0.1) is 5.10 Å². The number of aromatic nitrogens is 5. The molecule has 4 aromatic rings. The van der Waals surface area contributed by atoms with Gasteiger partial charge >= 0.3 is 0 Å². The molecule has 0 spiro atoms. The highest BCUT2D eigenvalue weighted by molar-refractivity contribution is 7.99. The minimum Gasteiger partial charge on any atom is -0.454 e. The summed E-state index contributed by atoms with van der Waals surface area (Å²) in [5, 5.41) is 16.6. The van der Waals surface area contributed by atoms with Crippen molar-refractivity contribution in [3.63, 3.8) is 0 Å². The van der Waals surface area contributed by atoms with Crippen LogP contribution in [0.2, 0.25) is 0 Å². The van der Waals surface area contributed by atoms with Gasteiger partial charge in [-0.3, -0.25) is 4.79 Å². The molecule has 2 aromatic heterocycles. The molecule has 3 fully saturated rings. The third-order valence-corrected chi connectivity index (χ3v) is 10.1. The number of amides is 1. The molecule has 4 heterocycles. The Labute approximate surface area is 270 Å². The number of anilines is 1. The highest BCUT2D eigenvalue weighted by Crippen LogP contribution is 2.48. The van der Waals surface area contributed by atoms with Crippen molar-refractivity contribution >= 4 is 34.7 Å². The first-order valence-electron chi connectivity index (χ1n) is 16.0. The average Bonchev–Trinajstić information content (AvgIpc) is 3.38. The topological polar surface area (TPSA) is 135 Å². The molecule has 12 nitrogen and oxygen atoms in total. The van der Waals surface area contributed by atoms with E-state index in [-0.39, 0.29) is 24.8 Å².